The summed E-state index contributed by atoms with van der Waals surface area (Å²) in [5.41, 5.74) is 0. The predicted molar refractivity (Wildman–Crippen MR) is 56.0 cm³/mol. The van der Waals surface area contributed by atoms with E-state index in [1.54, 1.807) is 13.2 Å². The van der Waals surface area contributed by atoms with Gasteiger partial charge in [0.25, 0.3) is 0 Å². The molecule has 1 rings (SSSR count). The number of hydrogen-bond donors (Lipinski definition) is 1. The van der Waals surface area contributed by atoms with Crippen LogP contribution in [0, 0.1) is 0 Å². The van der Waals surface area contributed by atoms with Crippen molar-refractivity contribution < 1.29 is 8.63 Å². The minimum atomic E-state index is -0.820. The Morgan fingerprint density at radius 1 is 1.64 bits per heavy atom. The van der Waals surface area contributed by atoms with Crippen LogP contribution in [0.2, 0.25) is 0 Å². The normalized spacial score (nSPS) is 15.1. The number of nitrogens with zero attached hydrogens (tertiary/aromatic N) is 2. The minimum absolute atomic E-state index is 0.293. The van der Waals surface area contributed by atoms with Gasteiger partial charge in [0.2, 0.25) is 5.89 Å². The van der Waals surface area contributed by atoms with Crippen molar-refractivity contribution in [2.24, 2.45) is 0 Å². The van der Waals surface area contributed by atoms with Crippen LogP contribution in [0.3, 0.4) is 0 Å². The Morgan fingerprint density at radius 3 is 2.86 bits per heavy atom. The third-order valence-electron chi connectivity index (χ3n) is 1.45. The molecule has 0 amide bonds. The van der Waals surface area contributed by atoms with Crippen molar-refractivity contribution in [2.75, 3.05) is 23.9 Å². The van der Waals surface area contributed by atoms with Gasteiger partial charge in [0.1, 0.15) is 5.38 Å². The molecule has 1 N–H and O–H groups in total. The van der Waals surface area contributed by atoms with Gasteiger partial charge >= 0.3 is 6.01 Å². The Kier molecular flexibility index (Phi) is 4.34. The highest BCUT2D eigenvalue weighted by Gasteiger charge is 2.10. The van der Waals surface area contributed by atoms with Gasteiger partial charge in [0, 0.05) is 29.4 Å². The molecular formula is C7H12ClN3O2S. The van der Waals surface area contributed by atoms with Crippen molar-refractivity contribution >= 4 is 28.4 Å². The van der Waals surface area contributed by atoms with Crippen LogP contribution in [0.15, 0.2) is 4.42 Å². The fraction of sp³-hybridized carbons (Fsp3) is 0.714. The van der Waals surface area contributed by atoms with Crippen molar-refractivity contribution in [3.63, 3.8) is 0 Å². The Labute approximate surface area is 89.7 Å². The number of aromatic nitrogens is 2. The van der Waals surface area contributed by atoms with Crippen molar-refractivity contribution in [2.45, 2.75) is 12.3 Å². The zero-order valence-electron chi connectivity index (χ0n) is 7.99. The first-order valence-corrected chi connectivity index (χ1v) is 6.27. The Hall–Kier alpha value is -0.620. The number of alkyl halides is 1. The molecule has 5 nitrogen and oxygen atoms in total. The van der Waals surface area contributed by atoms with Crippen LogP contribution < -0.4 is 5.32 Å². The van der Waals surface area contributed by atoms with Crippen LogP contribution in [0.1, 0.15) is 18.2 Å². The van der Waals surface area contributed by atoms with Crippen molar-refractivity contribution in [3.8, 4) is 0 Å². The number of nitrogens with one attached hydrogen (secondary N) is 1. The second kappa shape index (κ2) is 5.31. The molecule has 1 aromatic heterocycles. The van der Waals surface area contributed by atoms with Gasteiger partial charge in [0.15, 0.2) is 0 Å². The molecule has 2 unspecified atom stereocenters. The van der Waals surface area contributed by atoms with Crippen LogP contribution in [0.5, 0.6) is 0 Å². The Morgan fingerprint density at radius 2 is 2.36 bits per heavy atom. The van der Waals surface area contributed by atoms with E-state index in [0.29, 0.717) is 24.2 Å². The van der Waals surface area contributed by atoms with E-state index < -0.39 is 10.8 Å². The van der Waals surface area contributed by atoms with E-state index in [4.69, 9.17) is 16.0 Å². The number of halogens is 1. The summed E-state index contributed by atoms with van der Waals surface area (Å²) < 4.78 is 15.9. The quantitative estimate of drug-likeness (QED) is 0.779. The van der Waals surface area contributed by atoms with Crippen LogP contribution >= 0.6 is 11.6 Å². The maximum Gasteiger partial charge on any atom is 0.315 e. The molecule has 0 spiro atoms. The fourth-order valence-corrected chi connectivity index (χ4v) is 1.25. The first-order chi connectivity index (χ1) is 6.59. The summed E-state index contributed by atoms with van der Waals surface area (Å²) >= 11 is 5.73. The van der Waals surface area contributed by atoms with E-state index in [-0.39, 0.29) is 5.38 Å². The molecule has 0 fully saturated rings. The zero-order chi connectivity index (χ0) is 10.6. The first kappa shape index (κ1) is 11.5. The number of anilines is 1. The van der Waals surface area contributed by atoms with Gasteiger partial charge in [-0.05, 0) is 6.92 Å². The smallest absolute Gasteiger partial charge is 0.315 e. The van der Waals surface area contributed by atoms with E-state index in [1.807, 2.05) is 0 Å². The molecule has 0 radical (unpaired) electrons. The van der Waals surface area contributed by atoms with Gasteiger partial charge in [0.05, 0.1) is 0 Å². The van der Waals surface area contributed by atoms with Gasteiger partial charge in [-0.25, -0.2) is 0 Å². The molecule has 80 valence electrons. The Balaban J connectivity index is 2.40. The summed E-state index contributed by atoms with van der Waals surface area (Å²) in [6, 6.07) is 0.318. The fourth-order valence-electron chi connectivity index (χ4n) is 0.768. The van der Waals surface area contributed by atoms with Gasteiger partial charge in [-0.15, -0.1) is 16.7 Å². The van der Waals surface area contributed by atoms with Crippen LogP contribution in [0.4, 0.5) is 6.01 Å². The van der Waals surface area contributed by atoms with Gasteiger partial charge in [-0.3, -0.25) is 4.21 Å². The van der Waals surface area contributed by atoms with E-state index in [1.165, 1.54) is 0 Å². The third kappa shape index (κ3) is 3.63. The molecule has 0 aliphatic rings. The van der Waals surface area contributed by atoms with Crippen LogP contribution in [0.25, 0.3) is 0 Å². The van der Waals surface area contributed by atoms with Gasteiger partial charge in [-0.1, -0.05) is 5.10 Å². The molecule has 0 aliphatic carbocycles. The lowest BCUT2D eigenvalue weighted by molar-refractivity contribution is 0.506. The highest BCUT2D eigenvalue weighted by atomic mass is 35.5. The molecule has 0 aliphatic heterocycles. The zero-order valence-corrected chi connectivity index (χ0v) is 9.56. The summed E-state index contributed by atoms with van der Waals surface area (Å²) in [7, 11) is -0.820. The van der Waals surface area contributed by atoms with Gasteiger partial charge < -0.3 is 9.73 Å². The standard InChI is InChI=1S/C7H12ClN3O2S/c1-5(8)6-10-11-7(13-6)9-3-4-14(2)12/h5H,3-4H2,1-2H3,(H,9,11). The lowest BCUT2D eigenvalue weighted by Crippen LogP contribution is -2.09. The molecule has 7 heteroatoms. The molecule has 1 aromatic rings. The average molecular weight is 238 g/mol. The third-order valence-corrected chi connectivity index (χ3v) is 2.41. The largest absolute Gasteiger partial charge is 0.407 e. The second-order valence-corrected chi connectivity index (χ2v) is 4.97. The highest BCUT2D eigenvalue weighted by molar-refractivity contribution is 7.84. The van der Waals surface area contributed by atoms with Crippen molar-refractivity contribution in [3.05, 3.63) is 5.89 Å². The lowest BCUT2D eigenvalue weighted by Gasteiger charge is -1.97. The summed E-state index contributed by atoms with van der Waals surface area (Å²) in [6.45, 7) is 2.29. The summed E-state index contributed by atoms with van der Waals surface area (Å²) in [6.07, 6.45) is 1.64. The first-order valence-electron chi connectivity index (χ1n) is 4.11. The number of hydrogen-bond acceptors (Lipinski definition) is 5. The molecule has 14 heavy (non-hydrogen) atoms. The average Bonchev–Trinajstić information content (AvgIpc) is 2.52. The van der Waals surface area contributed by atoms with Crippen molar-refractivity contribution in [1.29, 1.82) is 0 Å². The molecule has 1 heterocycles. The molecule has 0 aromatic carbocycles. The topological polar surface area (TPSA) is 68.0 Å². The molecule has 0 saturated carbocycles. The van der Waals surface area contributed by atoms with E-state index in [0.717, 1.165) is 0 Å². The molecule has 0 saturated heterocycles. The van der Waals surface area contributed by atoms with E-state index in [2.05, 4.69) is 15.5 Å². The minimum Gasteiger partial charge on any atom is -0.407 e. The second-order valence-electron chi connectivity index (χ2n) is 2.77. The molecule has 0 bridgehead atoms. The van der Waals surface area contributed by atoms with E-state index in [9.17, 15) is 4.21 Å². The van der Waals surface area contributed by atoms with Crippen LogP contribution in [-0.4, -0.2) is 33.0 Å². The highest BCUT2D eigenvalue weighted by Crippen LogP contribution is 2.18. The summed E-state index contributed by atoms with van der Waals surface area (Å²) in [5.74, 6) is 0.931. The van der Waals surface area contributed by atoms with Crippen molar-refractivity contribution in [1.82, 2.24) is 10.2 Å². The summed E-state index contributed by atoms with van der Waals surface area (Å²) in [5, 5.41) is 10.0. The Bertz CT molecular complexity index is 316. The monoisotopic (exact) mass is 237 g/mol. The molecular weight excluding hydrogens is 226 g/mol. The van der Waals surface area contributed by atoms with Gasteiger partial charge in [-0.2, -0.15) is 0 Å². The maximum absolute atomic E-state index is 10.7. The predicted octanol–water partition coefficient (Wildman–Crippen LogP) is 1.16. The number of rotatable bonds is 5. The molecule has 2 atom stereocenters. The lowest BCUT2D eigenvalue weighted by atomic mass is 10.5. The summed E-state index contributed by atoms with van der Waals surface area (Å²) in [4.78, 5) is 0. The SMILES string of the molecule is CC(Cl)c1nnc(NCCS(C)=O)o1. The maximum atomic E-state index is 10.7. The van der Waals surface area contributed by atoms with E-state index >= 15 is 0 Å². The van der Waals surface area contributed by atoms with Crippen LogP contribution in [-0.2, 0) is 10.8 Å².